The van der Waals surface area contributed by atoms with Gasteiger partial charge >= 0.3 is 0 Å². The third kappa shape index (κ3) is 1.72. The van der Waals surface area contributed by atoms with Crippen LogP contribution in [0.15, 0.2) is 0 Å². The van der Waals surface area contributed by atoms with Gasteiger partial charge in [-0.05, 0) is 43.9 Å². The molecule has 0 aromatic carbocycles. The van der Waals surface area contributed by atoms with E-state index in [1.54, 1.807) is 6.92 Å². The maximum absolute atomic E-state index is 10.9. The highest BCUT2D eigenvalue weighted by Crippen LogP contribution is 2.49. The molecular weight excluding hydrogens is 162 g/mol. The minimum atomic E-state index is 0.121. The fraction of sp³-hybridized carbons (Fsp3) is 0.909. The summed E-state index contributed by atoms with van der Waals surface area (Å²) in [7, 11) is 0. The van der Waals surface area contributed by atoms with Gasteiger partial charge in [0.1, 0.15) is 0 Å². The highest BCUT2D eigenvalue weighted by atomic mass is 16.1. The number of rotatable bonds is 2. The molecule has 2 fully saturated rings. The zero-order chi connectivity index (χ0) is 9.42. The summed E-state index contributed by atoms with van der Waals surface area (Å²) in [5, 5.41) is 3.03. The molecule has 4 atom stereocenters. The summed E-state index contributed by atoms with van der Waals surface area (Å²) in [4.78, 5) is 10.9. The first kappa shape index (κ1) is 9.04. The molecule has 0 heterocycles. The summed E-state index contributed by atoms with van der Waals surface area (Å²) in [6, 6.07) is 0.396. The lowest BCUT2D eigenvalue weighted by Gasteiger charge is -2.28. The second-order valence-corrected chi connectivity index (χ2v) is 4.83. The van der Waals surface area contributed by atoms with Gasteiger partial charge in [0.2, 0.25) is 5.91 Å². The van der Waals surface area contributed by atoms with Gasteiger partial charge in [-0.1, -0.05) is 6.42 Å². The maximum atomic E-state index is 10.9. The minimum Gasteiger partial charge on any atom is -0.354 e. The summed E-state index contributed by atoms with van der Waals surface area (Å²) < 4.78 is 0. The van der Waals surface area contributed by atoms with Crippen LogP contribution in [0.2, 0.25) is 0 Å². The smallest absolute Gasteiger partial charge is 0.217 e. The van der Waals surface area contributed by atoms with Gasteiger partial charge in [0.25, 0.3) is 0 Å². The van der Waals surface area contributed by atoms with E-state index in [4.69, 9.17) is 0 Å². The zero-order valence-electron chi connectivity index (χ0n) is 8.55. The summed E-state index contributed by atoms with van der Waals surface area (Å²) in [6.45, 7) is 3.77. The minimum absolute atomic E-state index is 0.121. The lowest BCUT2D eigenvalue weighted by molar-refractivity contribution is -0.120. The van der Waals surface area contributed by atoms with Gasteiger partial charge in [0.05, 0.1) is 0 Å². The van der Waals surface area contributed by atoms with E-state index in [1.165, 1.54) is 25.7 Å². The Morgan fingerprint density at radius 1 is 1.38 bits per heavy atom. The quantitative estimate of drug-likeness (QED) is 0.693. The molecule has 1 N–H and O–H groups in total. The number of nitrogens with one attached hydrogen (secondary N) is 1. The van der Waals surface area contributed by atoms with Gasteiger partial charge in [0, 0.05) is 13.0 Å². The van der Waals surface area contributed by atoms with Crippen molar-refractivity contribution in [3.05, 3.63) is 0 Å². The standard InChI is InChI=1S/C11H19NO/c1-7(12-8(2)13)11-6-9-3-4-10(11)5-9/h7,9-11H,3-6H2,1-2H3,(H,12,13)/t7-,9-,10+,11-/m1/s1. The molecule has 2 saturated carbocycles. The Balaban J connectivity index is 1.91. The van der Waals surface area contributed by atoms with Gasteiger partial charge in [-0.15, -0.1) is 0 Å². The normalized spacial score (nSPS) is 39.1. The molecule has 1 amide bonds. The van der Waals surface area contributed by atoms with Crippen LogP contribution in [0.1, 0.15) is 39.5 Å². The van der Waals surface area contributed by atoms with Crippen LogP contribution in [0.3, 0.4) is 0 Å². The molecule has 0 saturated heterocycles. The molecule has 2 nitrogen and oxygen atoms in total. The van der Waals surface area contributed by atoms with E-state index >= 15 is 0 Å². The lowest BCUT2D eigenvalue weighted by Crippen LogP contribution is -2.38. The molecule has 2 bridgehead atoms. The number of hydrogen-bond acceptors (Lipinski definition) is 1. The molecule has 2 heteroatoms. The van der Waals surface area contributed by atoms with Crippen LogP contribution in [0.4, 0.5) is 0 Å². The van der Waals surface area contributed by atoms with Crippen molar-refractivity contribution in [3.8, 4) is 0 Å². The van der Waals surface area contributed by atoms with Gasteiger partial charge in [0.15, 0.2) is 0 Å². The third-order valence-electron chi connectivity index (χ3n) is 3.87. The van der Waals surface area contributed by atoms with Gasteiger partial charge in [-0.2, -0.15) is 0 Å². The highest BCUT2D eigenvalue weighted by Gasteiger charge is 2.41. The number of amides is 1. The summed E-state index contributed by atoms with van der Waals surface area (Å²) >= 11 is 0. The van der Waals surface area contributed by atoms with E-state index in [0.717, 1.165) is 17.8 Å². The molecule has 0 aliphatic heterocycles. The Kier molecular flexibility index (Phi) is 2.31. The lowest BCUT2D eigenvalue weighted by atomic mass is 9.84. The number of carbonyl (C=O) groups is 1. The average Bonchev–Trinajstić information content (AvgIpc) is 2.62. The monoisotopic (exact) mass is 181 g/mol. The number of fused-ring (bicyclic) bond motifs is 2. The van der Waals surface area contributed by atoms with Crippen molar-refractivity contribution in [1.29, 1.82) is 0 Å². The van der Waals surface area contributed by atoms with Crippen molar-refractivity contribution in [2.45, 2.75) is 45.6 Å². The predicted octanol–water partition coefficient (Wildman–Crippen LogP) is 1.95. The van der Waals surface area contributed by atoms with Crippen LogP contribution < -0.4 is 5.32 Å². The molecule has 0 aromatic heterocycles. The van der Waals surface area contributed by atoms with Crippen LogP contribution in [0, 0.1) is 17.8 Å². The van der Waals surface area contributed by atoms with Gasteiger partial charge in [-0.25, -0.2) is 0 Å². The molecule has 0 aromatic rings. The van der Waals surface area contributed by atoms with Crippen molar-refractivity contribution < 1.29 is 4.79 Å². The van der Waals surface area contributed by atoms with Crippen LogP contribution in [0.25, 0.3) is 0 Å². The van der Waals surface area contributed by atoms with Crippen molar-refractivity contribution in [3.63, 3.8) is 0 Å². The fourth-order valence-corrected chi connectivity index (χ4v) is 3.33. The van der Waals surface area contributed by atoms with Crippen LogP contribution in [-0.4, -0.2) is 11.9 Å². The van der Waals surface area contributed by atoms with E-state index < -0.39 is 0 Å². The highest BCUT2D eigenvalue weighted by molar-refractivity contribution is 5.73. The van der Waals surface area contributed by atoms with Crippen molar-refractivity contribution in [2.24, 2.45) is 17.8 Å². The summed E-state index contributed by atoms with van der Waals surface area (Å²) in [5.74, 6) is 2.77. The molecule has 0 radical (unpaired) electrons. The van der Waals surface area contributed by atoms with Crippen molar-refractivity contribution >= 4 is 5.91 Å². The fourth-order valence-electron chi connectivity index (χ4n) is 3.33. The van der Waals surface area contributed by atoms with Crippen LogP contribution >= 0.6 is 0 Å². The second kappa shape index (κ2) is 3.32. The van der Waals surface area contributed by atoms with E-state index in [-0.39, 0.29) is 5.91 Å². The Labute approximate surface area is 80.1 Å². The van der Waals surface area contributed by atoms with E-state index in [9.17, 15) is 4.79 Å². The van der Waals surface area contributed by atoms with E-state index in [0.29, 0.717) is 6.04 Å². The Bertz CT molecular complexity index is 214. The molecule has 2 aliphatic carbocycles. The van der Waals surface area contributed by atoms with Gasteiger partial charge in [-0.3, -0.25) is 4.79 Å². The summed E-state index contributed by atoms with van der Waals surface area (Å²) in [5.41, 5.74) is 0. The molecule has 2 aliphatic rings. The second-order valence-electron chi connectivity index (χ2n) is 4.83. The Hall–Kier alpha value is -0.530. The van der Waals surface area contributed by atoms with Crippen LogP contribution in [-0.2, 0) is 4.79 Å². The first-order chi connectivity index (χ1) is 6.16. The Morgan fingerprint density at radius 3 is 2.62 bits per heavy atom. The first-order valence-electron chi connectivity index (χ1n) is 5.44. The summed E-state index contributed by atoms with van der Waals surface area (Å²) in [6.07, 6.45) is 5.62. The SMILES string of the molecule is CC(=O)N[C@H](C)[C@H]1C[C@@H]2CC[C@H]1C2. The van der Waals surface area contributed by atoms with E-state index in [1.807, 2.05) is 0 Å². The zero-order valence-corrected chi connectivity index (χ0v) is 8.55. The van der Waals surface area contributed by atoms with E-state index in [2.05, 4.69) is 12.2 Å². The average molecular weight is 181 g/mol. The molecule has 0 spiro atoms. The van der Waals surface area contributed by atoms with Crippen molar-refractivity contribution in [1.82, 2.24) is 5.32 Å². The molecule has 13 heavy (non-hydrogen) atoms. The predicted molar refractivity (Wildman–Crippen MR) is 52.2 cm³/mol. The molecule has 74 valence electrons. The maximum Gasteiger partial charge on any atom is 0.217 e. The third-order valence-corrected chi connectivity index (χ3v) is 3.87. The molecule has 2 rings (SSSR count). The van der Waals surface area contributed by atoms with Gasteiger partial charge < -0.3 is 5.32 Å². The largest absolute Gasteiger partial charge is 0.354 e. The van der Waals surface area contributed by atoms with Crippen molar-refractivity contribution in [2.75, 3.05) is 0 Å². The molecular formula is C11H19NO. The Morgan fingerprint density at radius 2 is 2.15 bits per heavy atom. The van der Waals surface area contributed by atoms with Crippen LogP contribution in [0.5, 0.6) is 0 Å². The first-order valence-corrected chi connectivity index (χ1v) is 5.44. The topological polar surface area (TPSA) is 29.1 Å². The number of hydrogen-bond donors (Lipinski definition) is 1. The molecule has 0 unspecified atom stereocenters. The number of carbonyl (C=O) groups excluding carboxylic acids is 1.